The fourth-order valence-electron chi connectivity index (χ4n) is 4.93. The van der Waals surface area contributed by atoms with Crippen LogP contribution in [0.5, 0.6) is 11.6 Å². The Morgan fingerprint density at radius 1 is 0.902 bits per heavy atom. The van der Waals surface area contributed by atoms with Crippen molar-refractivity contribution in [2.75, 3.05) is 51.0 Å². The lowest BCUT2D eigenvalue weighted by Gasteiger charge is -2.36. The molecule has 3 aromatic carbocycles. The number of hydrogen-bond acceptors (Lipinski definition) is 7. The minimum absolute atomic E-state index is 0.185. The molecular weight excluding hydrogens is 538 g/mol. The Morgan fingerprint density at radius 3 is 2.54 bits per heavy atom. The number of benzene rings is 3. The van der Waals surface area contributed by atoms with E-state index in [0.717, 1.165) is 84.1 Å². The van der Waals surface area contributed by atoms with E-state index in [4.69, 9.17) is 25.8 Å². The average molecular weight is 574 g/mol. The van der Waals surface area contributed by atoms with Crippen molar-refractivity contribution < 1.29 is 19.0 Å². The summed E-state index contributed by atoms with van der Waals surface area (Å²) in [5.74, 6) is 0.828. The zero-order chi connectivity index (χ0) is 28.4. The van der Waals surface area contributed by atoms with Gasteiger partial charge in [0.05, 0.1) is 29.3 Å². The highest BCUT2D eigenvalue weighted by molar-refractivity contribution is 6.34. The van der Waals surface area contributed by atoms with Crippen molar-refractivity contribution >= 4 is 34.2 Å². The molecule has 1 aliphatic heterocycles. The maximum absolute atomic E-state index is 12.0. The number of nitrogens with zero attached hydrogens (tertiary/aromatic N) is 3. The SMILES string of the molecule is Cc1cccc(N2CCN(CCCCOc3ccc4ccc(OCOC(=O)Cc5ccccc5)nc4c3)CC2)c1Cl. The van der Waals surface area contributed by atoms with Crippen molar-refractivity contribution in [3.05, 3.63) is 95.0 Å². The van der Waals surface area contributed by atoms with Crippen molar-refractivity contribution in [1.82, 2.24) is 9.88 Å². The molecule has 0 saturated carbocycles. The number of rotatable bonds is 12. The summed E-state index contributed by atoms with van der Waals surface area (Å²) < 4.78 is 16.8. The second kappa shape index (κ2) is 14.2. The molecule has 0 atom stereocenters. The van der Waals surface area contributed by atoms with E-state index in [1.54, 1.807) is 6.07 Å². The van der Waals surface area contributed by atoms with Crippen molar-refractivity contribution in [2.45, 2.75) is 26.2 Å². The Kier molecular flexibility index (Phi) is 9.94. The number of halogens is 1. The summed E-state index contributed by atoms with van der Waals surface area (Å²) in [5, 5.41) is 1.85. The number of ether oxygens (including phenoxy) is 3. The van der Waals surface area contributed by atoms with Crippen LogP contribution in [-0.4, -0.2) is 62.0 Å². The maximum atomic E-state index is 12.0. The standard InChI is InChI=1S/C33H36ClN3O4/c1-25-8-7-11-30(33(25)34)37-19-17-36(18-20-37)16-5-6-21-39-28-14-12-27-13-15-31(35-29(27)23-28)40-24-41-32(38)22-26-9-3-2-4-10-26/h2-4,7-15,23H,5-6,16-22,24H2,1H3. The fraction of sp³-hybridized carbons (Fsp3) is 0.333. The first kappa shape index (κ1) is 28.7. The quantitative estimate of drug-likeness (QED) is 0.112. The number of unbranched alkanes of at least 4 members (excludes halogenated alkanes) is 1. The van der Waals surface area contributed by atoms with Gasteiger partial charge in [-0.3, -0.25) is 9.69 Å². The molecule has 1 fully saturated rings. The molecule has 41 heavy (non-hydrogen) atoms. The molecule has 0 unspecified atom stereocenters. The molecule has 0 aliphatic carbocycles. The van der Waals surface area contributed by atoms with Gasteiger partial charge < -0.3 is 19.1 Å². The van der Waals surface area contributed by atoms with Crippen molar-refractivity contribution in [3.63, 3.8) is 0 Å². The van der Waals surface area contributed by atoms with Gasteiger partial charge in [0.15, 0.2) is 0 Å². The predicted octanol–water partition coefficient (Wildman–Crippen LogP) is 6.30. The van der Waals surface area contributed by atoms with Gasteiger partial charge in [0.2, 0.25) is 12.7 Å². The Morgan fingerprint density at radius 2 is 1.71 bits per heavy atom. The van der Waals surface area contributed by atoms with Gasteiger partial charge in [-0.1, -0.05) is 54.1 Å². The van der Waals surface area contributed by atoms with Gasteiger partial charge in [-0.25, -0.2) is 4.98 Å². The monoisotopic (exact) mass is 573 g/mol. The third-order valence-corrected chi connectivity index (χ3v) is 7.77. The summed E-state index contributed by atoms with van der Waals surface area (Å²) in [6.45, 7) is 7.65. The van der Waals surface area contributed by atoms with E-state index in [2.05, 4.69) is 39.9 Å². The molecule has 0 radical (unpaired) electrons. The molecule has 2 heterocycles. The fourth-order valence-corrected chi connectivity index (χ4v) is 5.18. The molecule has 1 aliphatic rings. The molecule has 0 N–H and O–H groups in total. The minimum atomic E-state index is -0.345. The van der Waals surface area contributed by atoms with Crippen LogP contribution in [0, 0.1) is 6.92 Å². The van der Waals surface area contributed by atoms with E-state index in [1.165, 1.54) is 0 Å². The highest BCUT2D eigenvalue weighted by Crippen LogP contribution is 2.29. The molecule has 1 saturated heterocycles. The summed E-state index contributed by atoms with van der Waals surface area (Å²) in [7, 11) is 0. The van der Waals surface area contributed by atoms with Crippen LogP contribution in [0.25, 0.3) is 10.9 Å². The highest BCUT2D eigenvalue weighted by atomic mass is 35.5. The molecule has 4 aromatic rings. The van der Waals surface area contributed by atoms with E-state index >= 15 is 0 Å². The number of esters is 1. The van der Waals surface area contributed by atoms with Crippen LogP contribution in [0.2, 0.25) is 5.02 Å². The van der Waals surface area contributed by atoms with E-state index in [1.807, 2.05) is 54.6 Å². The zero-order valence-electron chi connectivity index (χ0n) is 23.4. The number of carbonyl (C=O) groups excluding carboxylic acids is 1. The van der Waals surface area contributed by atoms with Gasteiger partial charge in [0.1, 0.15) is 5.75 Å². The van der Waals surface area contributed by atoms with Gasteiger partial charge in [0, 0.05) is 43.7 Å². The average Bonchev–Trinajstić information content (AvgIpc) is 2.99. The second-order valence-corrected chi connectivity index (χ2v) is 10.6. The molecule has 0 spiro atoms. The smallest absolute Gasteiger partial charge is 0.313 e. The summed E-state index contributed by atoms with van der Waals surface area (Å²) in [4.78, 5) is 21.5. The number of pyridine rings is 1. The number of aryl methyl sites for hydroxylation is 1. The van der Waals surface area contributed by atoms with Gasteiger partial charge in [-0.15, -0.1) is 0 Å². The van der Waals surface area contributed by atoms with Crippen LogP contribution in [0.15, 0.2) is 78.9 Å². The lowest BCUT2D eigenvalue weighted by Crippen LogP contribution is -2.46. The van der Waals surface area contributed by atoms with E-state index < -0.39 is 0 Å². The van der Waals surface area contributed by atoms with Gasteiger partial charge >= 0.3 is 5.97 Å². The maximum Gasteiger partial charge on any atom is 0.313 e. The lowest BCUT2D eigenvalue weighted by atomic mass is 10.2. The molecule has 8 heteroatoms. The summed E-state index contributed by atoms with van der Waals surface area (Å²) in [6.07, 6.45) is 2.26. The van der Waals surface area contributed by atoms with Crippen molar-refractivity contribution in [1.29, 1.82) is 0 Å². The number of aromatic nitrogens is 1. The van der Waals surface area contributed by atoms with Crippen LogP contribution in [0.1, 0.15) is 24.0 Å². The molecule has 5 rings (SSSR count). The lowest BCUT2D eigenvalue weighted by molar-refractivity contribution is -0.149. The number of carbonyl (C=O) groups is 1. The summed E-state index contributed by atoms with van der Waals surface area (Å²) in [6, 6.07) is 25.3. The topological polar surface area (TPSA) is 64.1 Å². The Balaban J connectivity index is 1.01. The first-order chi connectivity index (χ1) is 20.0. The van der Waals surface area contributed by atoms with Gasteiger partial charge in [-0.2, -0.15) is 0 Å². The van der Waals surface area contributed by atoms with Crippen LogP contribution in [-0.2, 0) is 16.0 Å². The van der Waals surface area contributed by atoms with Crippen LogP contribution >= 0.6 is 11.6 Å². The third-order valence-electron chi connectivity index (χ3n) is 7.28. The van der Waals surface area contributed by atoms with Crippen LogP contribution in [0.3, 0.4) is 0 Å². The first-order valence-corrected chi connectivity index (χ1v) is 14.5. The molecule has 214 valence electrons. The van der Waals surface area contributed by atoms with Crippen molar-refractivity contribution in [2.24, 2.45) is 0 Å². The molecular formula is C33H36ClN3O4. The predicted molar refractivity (Wildman–Crippen MR) is 163 cm³/mol. The molecule has 0 amide bonds. The van der Waals surface area contributed by atoms with E-state index in [0.29, 0.717) is 12.5 Å². The Hall–Kier alpha value is -3.81. The highest BCUT2D eigenvalue weighted by Gasteiger charge is 2.19. The Bertz CT molecular complexity index is 1440. The summed E-state index contributed by atoms with van der Waals surface area (Å²) >= 11 is 6.53. The van der Waals surface area contributed by atoms with E-state index in [-0.39, 0.29) is 19.2 Å². The molecule has 0 bridgehead atoms. The number of piperazine rings is 1. The summed E-state index contributed by atoms with van der Waals surface area (Å²) in [5.41, 5.74) is 3.93. The number of fused-ring (bicyclic) bond motifs is 1. The van der Waals surface area contributed by atoms with Crippen molar-refractivity contribution in [3.8, 4) is 11.6 Å². The van der Waals surface area contributed by atoms with E-state index in [9.17, 15) is 4.79 Å². The first-order valence-electron chi connectivity index (χ1n) is 14.1. The normalized spacial score (nSPS) is 13.8. The second-order valence-electron chi connectivity index (χ2n) is 10.2. The van der Waals surface area contributed by atoms with Gasteiger partial charge in [0.25, 0.3) is 0 Å². The number of hydrogen-bond donors (Lipinski definition) is 0. The minimum Gasteiger partial charge on any atom is -0.494 e. The number of anilines is 1. The zero-order valence-corrected chi connectivity index (χ0v) is 24.2. The largest absolute Gasteiger partial charge is 0.494 e. The van der Waals surface area contributed by atoms with Crippen LogP contribution < -0.4 is 14.4 Å². The van der Waals surface area contributed by atoms with Gasteiger partial charge in [-0.05, 0) is 61.7 Å². The Labute approximate surface area is 246 Å². The molecule has 1 aromatic heterocycles. The molecule has 7 nitrogen and oxygen atoms in total. The van der Waals surface area contributed by atoms with Crippen LogP contribution in [0.4, 0.5) is 5.69 Å². The third kappa shape index (κ3) is 8.12.